The average Bonchev–Trinajstić information content (AvgIpc) is 3.29. The molecule has 4 heterocycles. The fourth-order valence-corrected chi connectivity index (χ4v) is 5.37. The van der Waals surface area contributed by atoms with E-state index in [1.165, 1.54) is 5.69 Å². The number of aromatic nitrogens is 2. The van der Waals surface area contributed by atoms with Crippen LogP contribution in [0.15, 0.2) is 30.5 Å². The van der Waals surface area contributed by atoms with Crippen molar-refractivity contribution >= 4 is 27.9 Å². The Morgan fingerprint density at radius 3 is 2.56 bits per heavy atom. The van der Waals surface area contributed by atoms with Crippen LogP contribution in [0.5, 0.6) is 0 Å². The van der Waals surface area contributed by atoms with E-state index < -0.39 is 0 Å². The van der Waals surface area contributed by atoms with E-state index in [0.717, 1.165) is 60.2 Å². The van der Waals surface area contributed by atoms with E-state index in [4.69, 9.17) is 9.47 Å². The third-order valence-corrected chi connectivity index (χ3v) is 7.27. The van der Waals surface area contributed by atoms with Crippen LogP contribution in [-0.4, -0.2) is 47.4 Å². The number of thiazole rings is 1. The lowest BCUT2D eigenvalue weighted by Crippen LogP contribution is -2.51. The van der Waals surface area contributed by atoms with Crippen molar-refractivity contribution in [1.82, 2.24) is 14.7 Å². The quantitative estimate of drug-likeness (QED) is 0.647. The Hall–Kier alpha value is -2.42. The highest BCUT2D eigenvalue weighted by Crippen LogP contribution is 2.34. The number of piperidine rings is 1. The highest BCUT2D eigenvalue weighted by molar-refractivity contribution is 7.17. The second-order valence-corrected chi connectivity index (χ2v) is 10.2. The Morgan fingerprint density at radius 2 is 1.88 bits per heavy atom. The number of aryl methyl sites for hydroxylation is 2. The minimum Gasteiger partial charge on any atom is -0.371 e. The summed E-state index contributed by atoms with van der Waals surface area (Å²) in [5.74, 6) is -0.00389. The number of carbonyl (C=O) groups is 1. The maximum Gasteiger partial charge on any atom is 0.270 e. The summed E-state index contributed by atoms with van der Waals surface area (Å²) in [6.45, 7) is 9.96. The number of nitrogens with zero attached hydrogens (tertiary/aromatic N) is 3. The molecule has 32 heavy (non-hydrogen) atoms. The van der Waals surface area contributed by atoms with Gasteiger partial charge in [-0.2, -0.15) is 0 Å². The maximum atomic E-state index is 12.8. The fourth-order valence-electron chi connectivity index (χ4n) is 4.50. The topological polar surface area (TPSA) is 68.1 Å². The number of ether oxygens (including phenoxy) is 2. The van der Waals surface area contributed by atoms with E-state index in [2.05, 4.69) is 46.4 Å². The van der Waals surface area contributed by atoms with Gasteiger partial charge in [-0.25, -0.2) is 4.98 Å². The molecule has 7 nitrogen and oxygen atoms in total. The normalized spacial score (nSPS) is 19.0. The molecule has 1 amide bonds. The summed E-state index contributed by atoms with van der Waals surface area (Å²) < 4.78 is 14.0. The molecule has 1 spiro atoms. The summed E-state index contributed by atoms with van der Waals surface area (Å²) in [5.41, 5.74) is 3.64. The largest absolute Gasteiger partial charge is 0.371 e. The van der Waals surface area contributed by atoms with Gasteiger partial charge in [0, 0.05) is 55.2 Å². The fraction of sp³-hybridized carbons (Fsp3) is 0.500. The molecule has 0 radical (unpaired) electrons. The van der Waals surface area contributed by atoms with Gasteiger partial charge in [-0.1, -0.05) is 19.1 Å². The van der Waals surface area contributed by atoms with E-state index >= 15 is 0 Å². The molecule has 1 aromatic carbocycles. The van der Waals surface area contributed by atoms with E-state index in [0.29, 0.717) is 18.2 Å². The van der Waals surface area contributed by atoms with Crippen LogP contribution >= 0.6 is 11.3 Å². The standard InChI is InChI=1S/C24H30N4O3S/c1-16-14-30-24(31-15-16)8-10-27(11-9-24)20-6-4-19(5-7-20)12-25-22(29)21-18(3)26-23-28(21)13-17(2)32-23/h4-7,13,16H,8-12,14-15H2,1-3H3,(H,25,29). The lowest BCUT2D eigenvalue weighted by Gasteiger charge is -2.45. The molecular formula is C24H30N4O3S. The van der Waals surface area contributed by atoms with E-state index in [1.54, 1.807) is 11.3 Å². The zero-order valence-corrected chi connectivity index (χ0v) is 19.7. The molecule has 5 rings (SSSR count). The number of anilines is 1. The summed E-state index contributed by atoms with van der Waals surface area (Å²) in [5, 5.41) is 3.04. The monoisotopic (exact) mass is 454 g/mol. The van der Waals surface area contributed by atoms with Crippen molar-refractivity contribution in [2.45, 2.75) is 45.9 Å². The average molecular weight is 455 g/mol. The van der Waals surface area contributed by atoms with Gasteiger partial charge in [0.1, 0.15) is 5.69 Å². The molecule has 2 aromatic heterocycles. The minimum atomic E-state index is -0.383. The first-order valence-corrected chi connectivity index (χ1v) is 12.1. The molecule has 0 atom stereocenters. The zero-order chi connectivity index (χ0) is 22.3. The summed E-state index contributed by atoms with van der Waals surface area (Å²) in [6.07, 6.45) is 3.74. The Balaban J connectivity index is 1.17. The summed E-state index contributed by atoms with van der Waals surface area (Å²) in [4.78, 5) is 21.7. The second-order valence-electron chi connectivity index (χ2n) is 9.01. The third kappa shape index (κ3) is 4.14. The lowest BCUT2D eigenvalue weighted by molar-refractivity contribution is -0.288. The Bertz CT molecular complexity index is 1100. The molecule has 1 N–H and O–H groups in total. The van der Waals surface area contributed by atoms with Crippen LogP contribution in [0.3, 0.4) is 0 Å². The predicted molar refractivity (Wildman–Crippen MR) is 125 cm³/mol. The van der Waals surface area contributed by atoms with Gasteiger partial charge in [-0.05, 0) is 31.5 Å². The van der Waals surface area contributed by atoms with Gasteiger partial charge in [0.15, 0.2) is 10.7 Å². The molecule has 2 saturated heterocycles. The summed E-state index contributed by atoms with van der Waals surface area (Å²) >= 11 is 1.59. The summed E-state index contributed by atoms with van der Waals surface area (Å²) in [7, 11) is 0. The van der Waals surface area contributed by atoms with Crippen molar-refractivity contribution in [3.05, 3.63) is 52.3 Å². The lowest BCUT2D eigenvalue weighted by atomic mass is 10.0. The van der Waals surface area contributed by atoms with Crippen molar-refractivity contribution in [2.75, 3.05) is 31.2 Å². The smallest absolute Gasteiger partial charge is 0.270 e. The van der Waals surface area contributed by atoms with Crippen LogP contribution in [0.1, 0.15) is 46.4 Å². The van der Waals surface area contributed by atoms with Crippen LogP contribution in [-0.2, 0) is 16.0 Å². The highest BCUT2D eigenvalue weighted by atomic mass is 32.1. The number of nitrogens with one attached hydrogen (secondary N) is 1. The van der Waals surface area contributed by atoms with Gasteiger partial charge in [0.25, 0.3) is 5.91 Å². The van der Waals surface area contributed by atoms with Crippen LogP contribution in [0.25, 0.3) is 4.96 Å². The van der Waals surface area contributed by atoms with Crippen LogP contribution in [0.2, 0.25) is 0 Å². The van der Waals surface area contributed by atoms with Gasteiger partial charge < -0.3 is 19.7 Å². The van der Waals surface area contributed by atoms with E-state index in [1.807, 2.05) is 24.4 Å². The van der Waals surface area contributed by atoms with Crippen molar-refractivity contribution in [2.24, 2.45) is 5.92 Å². The molecule has 0 bridgehead atoms. The van der Waals surface area contributed by atoms with Crippen molar-refractivity contribution in [3.63, 3.8) is 0 Å². The predicted octanol–water partition coefficient (Wildman–Crippen LogP) is 3.92. The first-order chi connectivity index (χ1) is 15.4. The van der Waals surface area contributed by atoms with Crippen LogP contribution < -0.4 is 10.2 Å². The SMILES string of the molecule is Cc1cn2c(C(=O)NCc3ccc(N4CCC5(CC4)OCC(C)CO5)cc3)c(C)nc2s1. The van der Waals surface area contributed by atoms with Crippen molar-refractivity contribution in [1.29, 1.82) is 0 Å². The number of hydrogen-bond donors (Lipinski definition) is 1. The number of amides is 1. The molecule has 0 unspecified atom stereocenters. The maximum absolute atomic E-state index is 12.8. The van der Waals surface area contributed by atoms with Gasteiger partial charge in [0.2, 0.25) is 0 Å². The summed E-state index contributed by atoms with van der Waals surface area (Å²) in [6, 6.07) is 8.44. The number of rotatable bonds is 4. The molecule has 170 valence electrons. The Morgan fingerprint density at radius 1 is 1.19 bits per heavy atom. The van der Waals surface area contributed by atoms with Crippen molar-refractivity contribution in [3.8, 4) is 0 Å². The molecular weight excluding hydrogens is 424 g/mol. The highest BCUT2D eigenvalue weighted by Gasteiger charge is 2.39. The van der Waals surface area contributed by atoms with Gasteiger partial charge in [-0.3, -0.25) is 9.20 Å². The molecule has 2 fully saturated rings. The zero-order valence-electron chi connectivity index (χ0n) is 18.9. The second kappa shape index (κ2) is 8.50. The van der Waals surface area contributed by atoms with Gasteiger partial charge >= 0.3 is 0 Å². The number of hydrogen-bond acceptors (Lipinski definition) is 6. The molecule has 2 aliphatic rings. The number of carbonyl (C=O) groups excluding carboxylic acids is 1. The number of fused-ring (bicyclic) bond motifs is 1. The first kappa shape index (κ1) is 21.4. The molecule has 3 aromatic rings. The first-order valence-electron chi connectivity index (χ1n) is 11.3. The number of imidazole rings is 1. The Labute approximate surface area is 192 Å². The van der Waals surface area contributed by atoms with E-state index in [9.17, 15) is 4.79 Å². The molecule has 8 heteroatoms. The molecule has 0 aliphatic carbocycles. The van der Waals surface area contributed by atoms with E-state index in [-0.39, 0.29) is 11.7 Å². The minimum absolute atomic E-state index is 0.0972. The van der Waals surface area contributed by atoms with Gasteiger partial charge in [0.05, 0.1) is 18.9 Å². The molecule has 0 saturated carbocycles. The van der Waals surface area contributed by atoms with Crippen LogP contribution in [0, 0.1) is 19.8 Å². The number of benzene rings is 1. The molecule has 2 aliphatic heterocycles. The Kier molecular flexibility index (Phi) is 5.69. The van der Waals surface area contributed by atoms with Crippen molar-refractivity contribution < 1.29 is 14.3 Å². The van der Waals surface area contributed by atoms with Crippen LogP contribution in [0.4, 0.5) is 5.69 Å². The van der Waals surface area contributed by atoms with Gasteiger partial charge in [-0.15, -0.1) is 11.3 Å². The third-order valence-electron chi connectivity index (χ3n) is 6.37.